The van der Waals surface area contributed by atoms with Crippen molar-refractivity contribution < 1.29 is 8.78 Å². The third kappa shape index (κ3) is 2.30. The first-order chi connectivity index (χ1) is 9.69. The number of pyridine rings is 1. The molecule has 0 fully saturated rings. The van der Waals surface area contributed by atoms with Crippen LogP contribution in [0.15, 0.2) is 36.5 Å². The summed E-state index contributed by atoms with van der Waals surface area (Å²) in [4.78, 5) is 6.29. The van der Waals surface area contributed by atoms with E-state index in [0.29, 0.717) is 30.8 Å². The highest BCUT2D eigenvalue weighted by Crippen LogP contribution is 2.35. The van der Waals surface area contributed by atoms with Gasteiger partial charge in [0.25, 0.3) is 0 Å². The van der Waals surface area contributed by atoms with Gasteiger partial charge in [-0.3, -0.25) is 9.88 Å². The van der Waals surface area contributed by atoms with Crippen molar-refractivity contribution in [3.63, 3.8) is 0 Å². The molecule has 1 aliphatic heterocycles. The van der Waals surface area contributed by atoms with E-state index in [1.807, 2.05) is 23.1 Å². The molecule has 0 saturated carbocycles. The number of rotatable bonds is 3. The molecule has 1 aromatic heterocycles. The van der Waals surface area contributed by atoms with Crippen LogP contribution >= 0.6 is 0 Å². The minimum atomic E-state index is -0.556. The van der Waals surface area contributed by atoms with Gasteiger partial charge in [-0.1, -0.05) is 6.07 Å². The topological polar surface area (TPSA) is 42.1 Å². The fraction of sp³-hybridized carbons (Fsp3) is 0.267. The lowest BCUT2D eigenvalue weighted by molar-refractivity contribution is 0.207. The largest absolute Gasteiger partial charge is 0.329 e. The highest BCUT2D eigenvalue weighted by atomic mass is 19.1. The van der Waals surface area contributed by atoms with Gasteiger partial charge in [-0.05, 0) is 23.8 Å². The molecule has 1 aliphatic rings. The van der Waals surface area contributed by atoms with Crippen LogP contribution in [0, 0.1) is 11.6 Å². The third-order valence-corrected chi connectivity index (χ3v) is 3.67. The van der Waals surface area contributed by atoms with Gasteiger partial charge >= 0.3 is 0 Å². The Labute approximate surface area is 116 Å². The first kappa shape index (κ1) is 13.1. The smallest absolute Gasteiger partial charge is 0.130 e. The van der Waals surface area contributed by atoms with Crippen LogP contribution in [0.5, 0.6) is 0 Å². The molecule has 0 bridgehead atoms. The highest BCUT2D eigenvalue weighted by molar-refractivity contribution is 5.36. The first-order valence-corrected chi connectivity index (χ1v) is 6.51. The molecule has 1 atom stereocenters. The van der Waals surface area contributed by atoms with Gasteiger partial charge in [-0.25, -0.2) is 8.78 Å². The maximum Gasteiger partial charge on any atom is 0.130 e. The standard InChI is InChI=1S/C15H15F2N3/c16-10-5-12-13(14(17)6-10)9-20(15(12)7-18)8-11-3-1-2-4-19-11/h1-6,15H,7-9,18H2. The van der Waals surface area contributed by atoms with Gasteiger partial charge in [0.05, 0.1) is 5.69 Å². The van der Waals surface area contributed by atoms with Crippen LogP contribution in [0.2, 0.25) is 0 Å². The molecule has 104 valence electrons. The quantitative estimate of drug-likeness (QED) is 0.935. The summed E-state index contributed by atoms with van der Waals surface area (Å²) in [6.45, 7) is 1.32. The predicted octanol–water partition coefficient (Wildman–Crippen LogP) is 2.38. The summed E-state index contributed by atoms with van der Waals surface area (Å²) in [6, 6.07) is 7.80. The monoisotopic (exact) mass is 275 g/mol. The number of nitrogens with zero attached hydrogens (tertiary/aromatic N) is 2. The van der Waals surface area contributed by atoms with Gasteiger partial charge in [0.1, 0.15) is 11.6 Å². The van der Waals surface area contributed by atoms with Crippen molar-refractivity contribution in [2.45, 2.75) is 19.1 Å². The van der Waals surface area contributed by atoms with Gasteiger partial charge in [0, 0.05) is 43.5 Å². The van der Waals surface area contributed by atoms with Crippen molar-refractivity contribution in [2.24, 2.45) is 5.73 Å². The second-order valence-corrected chi connectivity index (χ2v) is 4.93. The lowest BCUT2D eigenvalue weighted by atomic mass is 10.0. The second kappa shape index (κ2) is 5.26. The van der Waals surface area contributed by atoms with E-state index in [2.05, 4.69) is 4.98 Å². The van der Waals surface area contributed by atoms with Crippen molar-refractivity contribution in [2.75, 3.05) is 6.54 Å². The number of hydrogen-bond acceptors (Lipinski definition) is 3. The molecule has 5 heteroatoms. The Kier molecular flexibility index (Phi) is 3.46. The summed E-state index contributed by atoms with van der Waals surface area (Å²) in [5.41, 5.74) is 7.87. The minimum absolute atomic E-state index is 0.169. The van der Waals surface area contributed by atoms with E-state index in [1.54, 1.807) is 6.20 Å². The molecule has 0 spiro atoms. The number of hydrogen-bond donors (Lipinski definition) is 1. The molecule has 2 heterocycles. The zero-order chi connectivity index (χ0) is 14.1. The molecule has 2 aromatic rings. The van der Waals surface area contributed by atoms with E-state index in [-0.39, 0.29) is 6.04 Å². The van der Waals surface area contributed by atoms with Crippen molar-refractivity contribution in [3.8, 4) is 0 Å². The molecule has 3 rings (SSSR count). The van der Waals surface area contributed by atoms with Crippen molar-refractivity contribution >= 4 is 0 Å². The Morgan fingerprint density at radius 1 is 1.30 bits per heavy atom. The SMILES string of the molecule is NCC1c2cc(F)cc(F)c2CN1Cc1ccccn1. The normalized spacial score (nSPS) is 18.2. The first-order valence-electron chi connectivity index (χ1n) is 6.51. The molecule has 0 aliphatic carbocycles. The Morgan fingerprint density at radius 3 is 2.85 bits per heavy atom. The van der Waals surface area contributed by atoms with Crippen LogP contribution < -0.4 is 5.73 Å². The van der Waals surface area contributed by atoms with E-state index >= 15 is 0 Å². The van der Waals surface area contributed by atoms with Gasteiger partial charge in [0.15, 0.2) is 0 Å². The van der Waals surface area contributed by atoms with Crippen molar-refractivity contribution in [1.82, 2.24) is 9.88 Å². The number of benzene rings is 1. The summed E-state index contributed by atoms with van der Waals surface area (Å²) < 4.78 is 27.2. The zero-order valence-corrected chi connectivity index (χ0v) is 10.9. The molecular weight excluding hydrogens is 260 g/mol. The van der Waals surface area contributed by atoms with Crippen LogP contribution in [0.25, 0.3) is 0 Å². The van der Waals surface area contributed by atoms with Gasteiger partial charge in [-0.2, -0.15) is 0 Å². The number of nitrogens with two attached hydrogens (primary N) is 1. The van der Waals surface area contributed by atoms with E-state index in [1.165, 1.54) is 6.07 Å². The van der Waals surface area contributed by atoms with Crippen LogP contribution in [-0.4, -0.2) is 16.4 Å². The van der Waals surface area contributed by atoms with E-state index < -0.39 is 11.6 Å². The van der Waals surface area contributed by atoms with E-state index in [0.717, 1.165) is 11.8 Å². The summed E-state index contributed by atoms with van der Waals surface area (Å²) in [7, 11) is 0. The third-order valence-electron chi connectivity index (χ3n) is 3.67. The number of fused-ring (bicyclic) bond motifs is 1. The van der Waals surface area contributed by atoms with Gasteiger partial charge in [-0.15, -0.1) is 0 Å². The second-order valence-electron chi connectivity index (χ2n) is 4.93. The summed E-state index contributed by atoms with van der Waals surface area (Å²) in [5, 5.41) is 0. The summed E-state index contributed by atoms with van der Waals surface area (Å²) in [6.07, 6.45) is 1.72. The molecule has 2 N–H and O–H groups in total. The minimum Gasteiger partial charge on any atom is -0.329 e. The Bertz CT molecular complexity index is 616. The Balaban J connectivity index is 1.91. The van der Waals surface area contributed by atoms with Crippen LogP contribution in [0.3, 0.4) is 0 Å². The fourth-order valence-corrected chi connectivity index (χ4v) is 2.74. The average Bonchev–Trinajstić information content (AvgIpc) is 2.77. The molecular formula is C15H15F2N3. The van der Waals surface area contributed by atoms with Crippen molar-refractivity contribution in [1.29, 1.82) is 0 Å². The maximum atomic E-state index is 13.9. The van der Waals surface area contributed by atoms with Crippen LogP contribution in [-0.2, 0) is 13.1 Å². The summed E-state index contributed by atoms with van der Waals surface area (Å²) in [5.74, 6) is -1.05. The Hall–Kier alpha value is -1.85. The Morgan fingerprint density at radius 2 is 2.15 bits per heavy atom. The molecule has 20 heavy (non-hydrogen) atoms. The van der Waals surface area contributed by atoms with E-state index in [9.17, 15) is 8.78 Å². The molecule has 0 saturated heterocycles. The summed E-state index contributed by atoms with van der Waals surface area (Å²) >= 11 is 0. The highest BCUT2D eigenvalue weighted by Gasteiger charge is 2.32. The zero-order valence-electron chi connectivity index (χ0n) is 10.9. The number of halogens is 2. The molecule has 0 radical (unpaired) electrons. The van der Waals surface area contributed by atoms with Gasteiger partial charge in [0.2, 0.25) is 0 Å². The molecule has 0 amide bonds. The lowest BCUT2D eigenvalue weighted by Crippen LogP contribution is -2.27. The number of aromatic nitrogens is 1. The lowest BCUT2D eigenvalue weighted by Gasteiger charge is -2.23. The molecule has 1 aromatic carbocycles. The van der Waals surface area contributed by atoms with Gasteiger partial charge < -0.3 is 5.73 Å². The average molecular weight is 275 g/mol. The molecule has 3 nitrogen and oxygen atoms in total. The van der Waals surface area contributed by atoms with Crippen molar-refractivity contribution in [3.05, 3.63) is 65.0 Å². The van der Waals surface area contributed by atoms with Crippen LogP contribution in [0.4, 0.5) is 8.78 Å². The fourth-order valence-electron chi connectivity index (χ4n) is 2.74. The predicted molar refractivity (Wildman–Crippen MR) is 71.6 cm³/mol. The maximum absolute atomic E-state index is 13.9. The van der Waals surface area contributed by atoms with E-state index in [4.69, 9.17) is 5.73 Å². The molecule has 1 unspecified atom stereocenters. The van der Waals surface area contributed by atoms with Crippen LogP contribution in [0.1, 0.15) is 22.9 Å².